The van der Waals surface area contributed by atoms with Gasteiger partial charge in [-0.1, -0.05) is 6.07 Å². The fourth-order valence-corrected chi connectivity index (χ4v) is 2.13. The van der Waals surface area contributed by atoms with E-state index >= 15 is 0 Å². The first kappa shape index (κ1) is 12.8. The summed E-state index contributed by atoms with van der Waals surface area (Å²) < 4.78 is 0. The summed E-state index contributed by atoms with van der Waals surface area (Å²) in [6, 6.07) is 5.49. The maximum absolute atomic E-state index is 10.9. The fourth-order valence-electron chi connectivity index (χ4n) is 2.13. The smallest absolute Gasteiger partial charge is 0.354 e. The van der Waals surface area contributed by atoms with E-state index in [4.69, 9.17) is 10.2 Å². The molecule has 0 aromatic carbocycles. The minimum absolute atomic E-state index is 0.0702. The number of carboxylic acids is 1. The summed E-state index contributed by atoms with van der Waals surface area (Å²) in [7, 11) is 0. The number of carbonyl (C=O) groups is 1. The molecule has 5 nitrogen and oxygen atoms in total. The predicted molar refractivity (Wildman–Crippen MR) is 67.9 cm³/mol. The summed E-state index contributed by atoms with van der Waals surface area (Å²) in [6.45, 7) is 0.860. The Morgan fingerprint density at radius 2 is 2.22 bits per heavy atom. The molecular weight excluding hydrogens is 232 g/mol. The van der Waals surface area contributed by atoms with Gasteiger partial charge in [0.25, 0.3) is 0 Å². The number of nitrogens with zero attached hydrogens (tertiary/aromatic N) is 2. The van der Waals surface area contributed by atoms with Crippen LogP contribution in [-0.2, 0) is 0 Å². The summed E-state index contributed by atoms with van der Waals surface area (Å²) in [5.41, 5.74) is 0.0702. The summed E-state index contributed by atoms with van der Waals surface area (Å²) in [4.78, 5) is 17.2. The second kappa shape index (κ2) is 5.82. The zero-order valence-corrected chi connectivity index (χ0v) is 10.2. The van der Waals surface area contributed by atoms with Crippen molar-refractivity contribution in [3.8, 4) is 0 Å². The maximum Gasteiger partial charge on any atom is 0.354 e. The van der Waals surface area contributed by atoms with Gasteiger partial charge >= 0.3 is 5.97 Å². The van der Waals surface area contributed by atoms with Crippen LogP contribution in [0.1, 0.15) is 36.2 Å². The predicted octanol–water partition coefficient (Wildman–Crippen LogP) is 1.52. The van der Waals surface area contributed by atoms with E-state index in [0.717, 1.165) is 19.4 Å². The molecule has 1 heterocycles. The molecule has 1 aliphatic rings. The van der Waals surface area contributed by atoms with E-state index in [1.807, 2.05) is 6.07 Å². The van der Waals surface area contributed by atoms with Crippen molar-refractivity contribution in [3.63, 3.8) is 0 Å². The molecule has 0 atom stereocenters. The third-order valence-electron chi connectivity index (χ3n) is 3.32. The number of carboxylic acid groups (broad SMARTS) is 1. The Hall–Kier alpha value is -1.62. The number of hydrogen-bond donors (Lipinski definition) is 2. The molecule has 0 saturated heterocycles. The van der Waals surface area contributed by atoms with Gasteiger partial charge in [0.1, 0.15) is 5.82 Å². The number of aromatic nitrogens is 1. The fraction of sp³-hybridized carbons (Fsp3) is 0.538. The van der Waals surface area contributed by atoms with E-state index < -0.39 is 5.97 Å². The van der Waals surface area contributed by atoms with Gasteiger partial charge < -0.3 is 15.1 Å². The molecule has 0 spiro atoms. The van der Waals surface area contributed by atoms with Gasteiger partial charge in [0.2, 0.25) is 0 Å². The van der Waals surface area contributed by atoms with Crippen molar-refractivity contribution in [2.45, 2.75) is 31.7 Å². The summed E-state index contributed by atoms with van der Waals surface area (Å²) in [6.07, 6.45) is 4.11. The van der Waals surface area contributed by atoms with E-state index in [1.165, 1.54) is 12.5 Å². The first-order valence-corrected chi connectivity index (χ1v) is 6.30. The maximum atomic E-state index is 10.9. The Balaban J connectivity index is 2.17. The molecule has 18 heavy (non-hydrogen) atoms. The molecule has 0 amide bonds. The molecule has 1 saturated carbocycles. The van der Waals surface area contributed by atoms with Crippen LogP contribution >= 0.6 is 0 Å². The molecule has 5 heteroatoms. The number of aromatic carboxylic acids is 1. The monoisotopic (exact) mass is 250 g/mol. The average molecular weight is 250 g/mol. The molecule has 98 valence electrons. The minimum Gasteiger partial charge on any atom is -0.477 e. The molecular formula is C13H18N2O3. The van der Waals surface area contributed by atoms with Crippen LogP contribution < -0.4 is 4.90 Å². The number of pyridine rings is 1. The van der Waals surface area contributed by atoms with Gasteiger partial charge in [-0.3, -0.25) is 0 Å². The molecule has 0 aliphatic heterocycles. The lowest BCUT2D eigenvalue weighted by atomic mass is 9.91. The summed E-state index contributed by atoms with van der Waals surface area (Å²) >= 11 is 0. The van der Waals surface area contributed by atoms with Crippen LogP contribution in [0.2, 0.25) is 0 Å². The van der Waals surface area contributed by atoms with E-state index in [0.29, 0.717) is 18.3 Å². The number of aliphatic hydroxyl groups excluding tert-OH is 1. The topological polar surface area (TPSA) is 73.7 Å². The Morgan fingerprint density at radius 3 is 2.78 bits per heavy atom. The lowest BCUT2D eigenvalue weighted by Crippen LogP contribution is -2.41. The number of aliphatic hydroxyl groups is 1. The van der Waals surface area contributed by atoms with Gasteiger partial charge in [0, 0.05) is 19.2 Å². The first-order valence-electron chi connectivity index (χ1n) is 6.30. The lowest BCUT2D eigenvalue weighted by molar-refractivity contribution is 0.0690. The van der Waals surface area contributed by atoms with Crippen molar-refractivity contribution in [1.29, 1.82) is 0 Å². The van der Waals surface area contributed by atoms with Crippen molar-refractivity contribution in [1.82, 2.24) is 4.98 Å². The van der Waals surface area contributed by atoms with Crippen molar-refractivity contribution < 1.29 is 15.0 Å². The van der Waals surface area contributed by atoms with Crippen LogP contribution in [0.15, 0.2) is 18.2 Å². The number of anilines is 1. The van der Waals surface area contributed by atoms with Crippen molar-refractivity contribution >= 4 is 11.8 Å². The van der Waals surface area contributed by atoms with Gasteiger partial charge in [0.15, 0.2) is 5.69 Å². The number of rotatable bonds is 6. The van der Waals surface area contributed by atoms with Gasteiger partial charge in [-0.05, 0) is 37.8 Å². The van der Waals surface area contributed by atoms with Gasteiger partial charge in [-0.25, -0.2) is 9.78 Å². The Morgan fingerprint density at radius 1 is 1.44 bits per heavy atom. The van der Waals surface area contributed by atoms with E-state index in [-0.39, 0.29) is 12.3 Å². The Bertz CT molecular complexity index is 418. The van der Waals surface area contributed by atoms with Crippen LogP contribution in [-0.4, -0.2) is 40.4 Å². The molecule has 2 N–H and O–H groups in total. The highest BCUT2D eigenvalue weighted by Gasteiger charge is 2.26. The standard InChI is InChI=1S/C13H18N2O3/c16-9-3-8-15(10-4-1-5-10)12-7-2-6-11(14-12)13(17)18/h2,6-7,10,16H,1,3-5,8-9H2,(H,17,18). The quantitative estimate of drug-likeness (QED) is 0.800. The van der Waals surface area contributed by atoms with Gasteiger partial charge in [-0.15, -0.1) is 0 Å². The van der Waals surface area contributed by atoms with Crippen molar-refractivity contribution in [3.05, 3.63) is 23.9 Å². The van der Waals surface area contributed by atoms with E-state index in [9.17, 15) is 4.79 Å². The molecule has 1 aliphatic carbocycles. The van der Waals surface area contributed by atoms with E-state index in [2.05, 4.69) is 9.88 Å². The lowest BCUT2D eigenvalue weighted by Gasteiger charge is -2.38. The number of hydrogen-bond acceptors (Lipinski definition) is 4. The molecule has 1 aromatic heterocycles. The van der Waals surface area contributed by atoms with Crippen LogP contribution in [0, 0.1) is 0 Å². The Kier molecular flexibility index (Phi) is 4.15. The highest BCUT2D eigenvalue weighted by atomic mass is 16.4. The third-order valence-corrected chi connectivity index (χ3v) is 3.32. The molecule has 2 rings (SSSR count). The summed E-state index contributed by atoms with van der Waals surface area (Å²) in [5.74, 6) is -0.305. The van der Waals surface area contributed by atoms with Crippen molar-refractivity contribution in [2.24, 2.45) is 0 Å². The Labute approximate surface area is 106 Å². The second-order valence-electron chi connectivity index (χ2n) is 4.54. The van der Waals surface area contributed by atoms with Crippen LogP contribution in [0.5, 0.6) is 0 Å². The highest BCUT2D eigenvalue weighted by molar-refractivity contribution is 5.85. The minimum atomic E-state index is -1.01. The largest absolute Gasteiger partial charge is 0.477 e. The van der Waals surface area contributed by atoms with E-state index in [1.54, 1.807) is 6.07 Å². The zero-order valence-electron chi connectivity index (χ0n) is 10.2. The average Bonchev–Trinajstić information content (AvgIpc) is 2.32. The normalized spacial score (nSPS) is 15.2. The first-order chi connectivity index (χ1) is 8.72. The van der Waals surface area contributed by atoms with Crippen LogP contribution in [0.4, 0.5) is 5.82 Å². The van der Waals surface area contributed by atoms with Gasteiger partial charge in [-0.2, -0.15) is 0 Å². The SMILES string of the molecule is O=C(O)c1cccc(N(CCCO)C2CCC2)n1. The molecule has 1 fully saturated rings. The third kappa shape index (κ3) is 2.79. The van der Waals surface area contributed by atoms with Gasteiger partial charge in [0.05, 0.1) is 0 Å². The molecule has 0 unspecified atom stereocenters. The molecule has 0 bridgehead atoms. The second-order valence-corrected chi connectivity index (χ2v) is 4.54. The zero-order chi connectivity index (χ0) is 13.0. The molecule has 0 radical (unpaired) electrons. The molecule has 1 aromatic rings. The van der Waals surface area contributed by atoms with Crippen molar-refractivity contribution in [2.75, 3.05) is 18.1 Å². The van der Waals surface area contributed by atoms with Crippen LogP contribution in [0.25, 0.3) is 0 Å². The summed E-state index contributed by atoms with van der Waals surface area (Å²) in [5, 5.41) is 17.9. The van der Waals surface area contributed by atoms with Crippen LogP contribution in [0.3, 0.4) is 0 Å². The highest BCUT2D eigenvalue weighted by Crippen LogP contribution is 2.28.